The van der Waals surface area contributed by atoms with Gasteiger partial charge in [-0.3, -0.25) is 4.79 Å². The number of nitrogens with zero attached hydrogens (tertiary/aromatic N) is 1. The van der Waals surface area contributed by atoms with Crippen molar-refractivity contribution in [2.75, 3.05) is 27.2 Å². The van der Waals surface area contributed by atoms with Gasteiger partial charge < -0.3 is 15.3 Å². The molecule has 0 aromatic carbocycles. The van der Waals surface area contributed by atoms with E-state index < -0.39 is 24.6 Å². The minimum Gasteiger partial charge on any atom is -0.480 e. The SMILES string of the molecule is CNC(CCN(C)CCC(F)(F)F)C(=O)O. The van der Waals surface area contributed by atoms with Gasteiger partial charge in [-0.1, -0.05) is 0 Å². The molecule has 0 bridgehead atoms. The molecule has 4 nitrogen and oxygen atoms in total. The number of carbonyl (C=O) groups is 1. The topological polar surface area (TPSA) is 52.6 Å². The Kier molecular flexibility index (Phi) is 6.35. The van der Waals surface area contributed by atoms with E-state index in [1.165, 1.54) is 11.9 Å². The third kappa shape index (κ3) is 7.47. The average Bonchev–Trinajstić information content (AvgIpc) is 2.14. The quantitative estimate of drug-likeness (QED) is 0.697. The van der Waals surface area contributed by atoms with Crippen LogP contribution in [0.3, 0.4) is 0 Å². The number of carboxylic acid groups (broad SMARTS) is 1. The van der Waals surface area contributed by atoms with Crippen molar-refractivity contribution in [1.29, 1.82) is 0 Å². The van der Waals surface area contributed by atoms with Gasteiger partial charge in [0.15, 0.2) is 0 Å². The van der Waals surface area contributed by atoms with E-state index in [1.807, 2.05) is 0 Å². The molecule has 0 aliphatic heterocycles. The lowest BCUT2D eigenvalue weighted by Crippen LogP contribution is -2.37. The van der Waals surface area contributed by atoms with Crippen LogP contribution in [0.25, 0.3) is 0 Å². The normalized spacial score (nSPS) is 14.1. The highest BCUT2D eigenvalue weighted by molar-refractivity contribution is 5.73. The summed E-state index contributed by atoms with van der Waals surface area (Å²) in [4.78, 5) is 12.1. The monoisotopic (exact) mass is 242 g/mol. The summed E-state index contributed by atoms with van der Waals surface area (Å²) in [5, 5.41) is 11.3. The zero-order valence-electron chi connectivity index (χ0n) is 9.34. The van der Waals surface area contributed by atoms with Gasteiger partial charge in [0.05, 0.1) is 6.42 Å². The number of nitrogens with one attached hydrogen (secondary N) is 1. The number of carboxylic acids is 1. The lowest BCUT2D eigenvalue weighted by atomic mass is 10.2. The maximum Gasteiger partial charge on any atom is 0.390 e. The summed E-state index contributed by atoms with van der Waals surface area (Å²) < 4.78 is 35.6. The maximum absolute atomic E-state index is 11.9. The molecule has 16 heavy (non-hydrogen) atoms. The molecule has 0 fully saturated rings. The van der Waals surface area contributed by atoms with Crippen LogP contribution in [0.5, 0.6) is 0 Å². The maximum atomic E-state index is 11.9. The van der Waals surface area contributed by atoms with Gasteiger partial charge in [-0.25, -0.2) is 0 Å². The lowest BCUT2D eigenvalue weighted by Gasteiger charge is -2.19. The van der Waals surface area contributed by atoms with Gasteiger partial charge in [0.25, 0.3) is 0 Å². The zero-order valence-corrected chi connectivity index (χ0v) is 9.34. The first-order valence-corrected chi connectivity index (χ1v) is 4.91. The summed E-state index contributed by atoms with van der Waals surface area (Å²) in [6.07, 6.45) is -4.76. The van der Waals surface area contributed by atoms with Crippen molar-refractivity contribution < 1.29 is 23.1 Å². The van der Waals surface area contributed by atoms with E-state index >= 15 is 0 Å². The van der Waals surface area contributed by atoms with Gasteiger partial charge in [0.2, 0.25) is 0 Å². The minimum atomic E-state index is -4.16. The molecule has 0 aromatic rings. The van der Waals surface area contributed by atoms with E-state index in [0.717, 1.165) is 0 Å². The first kappa shape index (κ1) is 15.2. The molecule has 96 valence electrons. The molecular formula is C9H17F3N2O2. The molecule has 0 heterocycles. The highest BCUT2D eigenvalue weighted by Crippen LogP contribution is 2.19. The number of aliphatic carboxylic acids is 1. The third-order valence-electron chi connectivity index (χ3n) is 2.22. The Balaban J connectivity index is 3.80. The van der Waals surface area contributed by atoms with Crippen LogP contribution in [0, 0.1) is 0 Å². The van der Waals surface area contributed by atoms with Crippen molar-refractivity contribution in [3.05, 3.63) is 0 Å². The van der Waals surface area contributed by atoms with Crippen molar-refractivity contribution in [2.45, 2.75) is 25.1 Å². The second kappa shape index (κ2) is 6.70. The summed E-state index contributed by atoms with van der Waals surface area (Å²) in [5.74, 6) is -0.994. The van der Waals surface area contributed by atoms with E-state index in [9.17, 15) is 18.0 Å². The van der Waals surface area contributed by atoms with Gasteiger partial charge in [-0.15, -0.1) is 0 Å². The molecule has 0 rings (SSSR count). The number of alkyl halides is 3. The van der Waals surface area contributed by atoms with E-state index in [4.69, 9.17) is 5.11 Å². The van der Waals surface area contributed by atoms with Crippen LogP contribution in [-0.4, -0.2) is 55.4 Å². The van der Waals surface area contributed by atoms with Crippen molar-refractivity contribution in [2.24, 2.45) is 0 Å². The molecule has 0 aliphatic carbocycles. The van der Waals surface area contributed by atoms with Gasteiger partial charge in [0.1, 0.15) is 6.04 Å². The molecule has 1 unspecified atom stereocenters. The van der Waals surface area contributed by atoms with Crippen molar-refractivity contribution in [3.8, 4) is 0 Å². The fourth-order valence-corrected chi connectivity index (χ4v) is 1.17. The highest BCUT2D eigenvalue weighted by atomic mass is 19.4. The lowest BCUT2D eigenvalue weighted by molar-refractivity contribution is -0.141. The average molecular weight is 242 g/mol. The molecule has 0 saturated carbocycles. The molecule has 0 aliphatic rings. The molecular weight excluding hydrogens is 225 g/mol. The fourth-order valence-electron chi connectivity index (χ4n) is 1.17. The Hall–Kier alpha value is -0.820. The summed E-state index contributed by atoms with van der Waals surface area (Å²) in [5.41, 5.74) is 0. The van der Waals surface area contributed by atoms with Crippen molar-refractivity contribution in [1.82, 2.24) is 10.2 Å². The molecule has 0 saturated heterocycles. The Bertz CT molecular complexity index is 221. The van der Waals surface area contributed by atoms with Crippen LogP contribution in [0.2, 0.25) is 0 Å². The van der Waals surface area contributed by atoms with Crippen molar-refractivity contribution >= 4 is 5.97 Å². The molecule has 1 atom stereocenters. The number of halogens is 3. The Morgan fingerprint density at radius 2 is 2.00 bits per heavy atom. The second-order valence-electron chi connectivity index (χ2n) is 3.64. The zero-order chi connectivity index (χ0) is 12.8. The summed E-state index contributed by atoms with van der Waals surface area (Å²) in [6, 6.07) is -0.715. The van der Waals surface area contributed by atoms with Crippen LogP contribution < -0.4 is 5.32 Å². The van der Waals surface area contributed by atoms with E-state index in [-0.39, 0.29) is 13.0 Å². The molecule has 7 heteroatoms. The van der Waals surface area contributed by atoms with E-state index in [1.54, 1.807) is 7.05 Å². The molecule has 0 amide bonds. The van der Waals surface area contributed by atoms with Crippen molar-refractivity contribution in [3.63, 3.8) is 0 Å². The first-order valence-electron chi connectivity index (χ1n) is 4.91. The standard InChI is InChI=1S/C9H17F3N2O2/c1-13-7(8(15)16)3-5-14(2)6-4-9(10,11)12/h7,13H,3-6H2,1-2H3,(H,15,16). The Labute approximate surface area is 92.4 Å². The third-order valence-corrected chi connectivity index (χ3v) is 2.22. The predicted molar refractivity (Wildman–Crippen MR) is 53.3 cm³/mol. The summed E-state index contributed by atoms with van der Waals surface area (Å²) in [6.45, 7) is 0.202. The van der Waals surface area contributed by atoms with E-state index in [0.29, 0.717) is 6.54 Å². The Morgan fingerprint density at radius 3 is 2.38 bits per heavy atom. The largest absolute Gasteiger partial charge is 0.480 e. The molecule has 2 N–H and O–H groups in total. The summed E-state index contributed by atoms with van der Waals surface area (Å²) in [7, 11) is 3.05. The number of rotatable bonds is 7. The van der Waals surface area contributed by atoms with Crippen LogP contribution >= 0.6 is 0 Å². The Morgan fingerprint density at radius 1 is 1.44 bits per heavy atom. The number of hydrogen-bond acceptors (Lipinski definition) is 3. The van der Waals surface area contributed by atoms with E-state index in [2.05, 4.69) is 5.32 Å². The van der Waals surface area contributed by atoms with Gasteiger partial charge >= 0.3 is 12.1 Å². The summed E-state index contributed by atoms with van der Waals surface area (Å²) >= 11 is 0. The first-order chi connectivity index (χ1) is 7.26. The van der Waals surface area contributed by atoms with Crippen LogP contribution in [-0.2, 0) is 4.79 Å². The van der Waals surface area contributed by atoms with Crippen LogP contribution in [0.1, 0.15) is 12.8 Å². The van der Waals surface area contributed by atoms with Gasteiger partial charge in [-0.2, -0.15) is 13.2 Å². The fraction of sp³-hybridized carbons (Fsp3) is 0.889. The number of hydrogen-bond donors (Lipinski definition) is 2. The molecule has 0 aromatic heterocycles. The van der Waals surface area contributed by atoms with Gasteiger partial charge in [0, 0.05) is 6.54 Å². The predicted octanol–water partition coefficient (Wildman–Crippen LogP) is 0.933. The second-order valence-corrected chi connectivity index (χ2v) is 3.64. The molecule has 0 spiro atoms. The molecule has 0 radical (unpaired) electrons. The number of likely N-dealkylation sites (N-methyl/N-ethyl adjacent to an activating group) is 1. The van der Waals surface area contributed by atoms with Gasteiger partial charge in [-0.05, 0) is 27.1 Å². The minimum absolute atomic E-state index is 0.112. The smallest absolute Gasteiger partial charge is 0.390 e. The highest BCUT2D eigenvalue weighted by Gasteiger charge is 2.27. The van der Waals surface area contributed by atoms with Crippen LogP contribution in [0.4, 0.5) is 13.2 Å². The van der Waals surface area contributed by atoms with Crippen LogP contribution in [0.15, 0.2) is 0 Å².